The summed E-state index contributed by atoms with van der Waals surface area (Å²) >= 11 is 0. The van der Waals surface area contributed by atoms with Crippen LogP contribution in [0, 0.1) is 6.92 Å². The van der Waals surface area contributed by atoms with Gasteiger partial charge in [0.15, 0.2) is 0 Å². The molecule has 0 unspecified atom stereocenters. The maximum Gasteiger partial charge on any atom is 0.214 e. The SMILES string of the molecule is Cc1ccccc1-c1cc(CO)cc(OCc2ccccc2)n1. The van der Waals surface area contributed by atoms with Gasteiger partial charge >= 0.3 is 0 Å². The molecule has 1 N–H and O–H groups in total. The minimum absolute atomic E-state index is 0.0386. The fourth-order valence-corrected chi connectivity index (χ4v) is 2.45. The van der Waals surface area contributed by atoms with E-state index in [0.29, 0.717) is 12.5 Å². The molecule has 0 fully saturated rings. The minimum atomic E-state index is -0.0386. The predicted octanol–water partition coefficient (Wildman–Crippen LogP) is 4.13. The first-order chi connectivity index (χ1) is 11.3. The van der Waals surface area contributed by atoms with Gasteiger partial charge in [-0.15, -0.1) is 0 Å². The van der Waals surface area contributed by atoms with Crippen LogP contribution in [0.4, 0.5) is 0 Å². The van der Waals surface area contributed by atoms with Crippen LogP contribution in [0.2, 0.25) is 0 Å². The molecular weight excluding hydrogens is 286 g/mol. The van der Waals surface area contributed by atoms with Gasteiger partial charge in [0.05, 0.1) is 12.3 Å². The lowest BCUT2D eigenvalue weighted by Crippen LogP contribution is -2.00. The molecule has 1 heterocycles. The predicted molar refractivity (Wildman–Crippen MR) is 91.1 cm³/mol. The Morgan fingerprint density at radius 1 is 0.913 bits per heavy atom. The number of aliphatic hydroxyl groups excluding tert-OH is 1. The van der Waals surface area contributed by atoms with Crippen LogP contribution >= 0.6 is 0 Å². The summed E-state index contributed by atoms with van der Waals surface area (Å²) in [6, 6.07) is 21.7. The van der Waals surface area contributed by atoms with Crippen LogP contribution in [-0.2, 0) is 13.2 Å². The number of aryl methyl sites for hydroxylation is 1. The molecule has 0 saturated heterocycles. The zero-order valence-corrected chi connectivity index (χ0v) is 13.1. The van der Waals surface area contributed by atoms with Gasteiger partial charge in [-0.1, -0.05) is 54.6 Å². The van der Waals surface area contributed by atoms with Crippen molar-refractivity contribution in [3.8, 4) is 17.1 Å². The van der Waals surface area contributed by atoms with Gasteiger partial charge in [-0.3, -0.25) is 0 Å². The summed E-state index contributed by atoms with van der Waals surface area (Å²) in [4.78, 5) is 4.59. The van der Waals surface area contributed by atoms with Gasteiger partial charge in [0.1, 0.15) is 6.61 Å². The van der Waals surface area contributed by atoms with Crippen molar-refractivity contribution in [2.45, 2.75) is 20.1 Å². The largest absolute Gasteiger partial charge is 0.473 e. The van der Waals surface area contributed by atoms with E-state index < -0.39 is 0 Å². The average Bonchev–Trinajstić information content (AvgIpc) is 2.61. The normalized spacial score (nSPS) is 10.5. The molecule has 0 bridgehead atoms. The van der Waals surface area contributed by atoms with Crippen molar-refractivity contribution >= 4 is 0 Å². The minimum Gasteiger partial charge on any atom is -0.473 e. The first-order valence-electron chi connectivity index (χ1n) is 7.61. The molecule has 0 aliphatic heterocycles. The van der Waals surface area contributed by atoms with E-state index in [0.717, 1.165) is 27.9 Å². The average molecular weight is 305 g/mol. The summed E-state index contributed by atoms with van der Waals surface area (Å²) in [5.74, 6) is 0.527. The van der Waals surface area contributed by atoms with Crippen LogP contribution in [0.1, 0.15) is 16.7 Å². The molecule has 3 nitrogen and oxygen atoms in total. The van der Waals surface area contributed by atoms with Crippen LogP contribution in [-0.4, -0.2) is 10.1 Å². The topological polar surface area (TPSA) is 42.4 Å². The van der Waals surface area contributed by atoms with E-state index in [2.05, 4.69) is 4.98 Å². The number of aromatic nitrogens is 1. The molecule has 0 radical (unpaired) electrons. The lowest BCUT2D eigenvalue weighted by Gasteiger charge is -2.11. The third-order valence-electron chi connectivity index (χ3n) is 3.69. The van der Waals surface area contributed by atoms with Gasteiger partial charge < -0.3 is 9.84 Å². The zero-order chi connectivity index (χ0) is 16.1. The molecule has 0 aliphatic rings. The third-order valence-corrected chi connectivity index (χ3v) is 3.69. The van der Waals surface area contributed by atoms with Crippen molar-refractivity contribution in [3.05, 3.63) is 83.4 Å². The van der Waals surface area contributed by atoms with E-state index in [4.69, 9.17) is 4.74 Å². The highest BCUT2D eigenvalue weighted by Gasteiger charge is 2.08. The van der Waals surface area contributed by atoms with E-state index in [9.17, 15) is 5.11 Å². The second-order valence-corrected chi connectivity index (χ2v) is 5.45. The highest BCUT2D eigenvalue weighted by Crippen LogP contribution is 2.25. The number of ether oxygens (including phenoxy) is 1. The lowest BCUT2D eigenvalue weighted by molar-refractivity contribution is 0.275. The van der Waals surface area contributed by atoms with Gasteiger partial charge in [0, 0.05) is 11.6 Å². The number of rotatable bonds is 5. The molecule has 0 spiro atoms. The molecule has 3 rings (SSSR count). The number of benzene rings is 2. The Kier molecular flexibility index (Phi) is 4.69. The van der Waals surface area contributed by atoms with E-state index in [1.807, 2.05) is 67.6 Å². The molecule has 116 valence electrons. The maximum atomic E-state index is 9.50. The highest BCUT2D eigenvalue weighted by molar-refractivity contribution is 5.64. The van der Waals surface area contributed by atoms with Crippen LogP contribution in [0.15, 0.2) is 66.7 Å². The van der Waals surface area contributed by atoms with Crippen LogP contribution in [0.3, 0.4) is 0 Å². The summed E-state index contributed by atoms with van der Waals surface area (Å²) < 4.78 is 5.81. The highest BCUT2D eigenvalue weighted by atomic mass is 16.5. The molecule has 23 heavy (non-hydrogen) atoms. The van der Waals surface area contributed by atoms with E-state index >= 15 is 0 Å². The van der Waals surface area contributed by atoms with E-state index in [-0.39, 0.29) is 6.61 Å². The number of pyridine rings is 1. The van der Waals surface area contributed by atoms with Crippen molar-refractivity contribution in [3.63, 3.8) is 0 Å². The summed E-state index contributed by atoms with van der Waals surface area (Å²) in [6.45, 7) is 2.46. The molecule has 1 aromatic heterocycles. The molecule has 3 heteroatoms. The number of nitrogens with zero attached hydrogens (tertiary/aromatic N) is 1. The van der Waals surface area contributed by atoms with Crippen molar-refractivity contribution < 1.29 is 9.84 Å². The summed E-state index contributed by atoms with van der Waals surface area (Å²) in [7, 11) is 0. The maximum absolute atomic E-state index is 9.50. The lowest BCUT2D eigenvalue weighted by atomic mass is 10.0. The third kappa shape index (κ3) is 3.76. The van der Waals surface area contributed by atoms with Crippen molar-refractivity contribution in [2.24, 2.45) is 0 Å². The fraction of sp³-hybridized carbons (Fsp3) is 0.150. The van der Waals surface area contributed by atoms with E-state index in [1.54, 1.807) is 6.07 Å². The van der Waals surface area contributed by atoms with Gasteiger partial charge in [0.2, 0.25) is 5.88 Å². The van der Waals surface area contributed by atoms with Crippen LogP contribution in [0.5, 0.6) is 5.88 Å². The van der Waals surface area contributed by atoms with E-state index in [1.165, 1.54) is 0 Å². The molecule has 0 amide bonds. The summed E-state index contributed by atoms with van der Waals surface area (Å²) in [5.41, 5.74) is 4.89. The fourth-order valence-electron chi connectivity index (χ4n) is 2.45. The van der Waals surface area contributed by atoms with Crippen molar-refractivity contribution in [1.29, 1.82) is 0 Å². The molecule has 0 saturated carbocycles. The van der Waals surface area contributed by atoms with Gasteiger partial charge in [0.25, 0.3) is 0 Å². The molecular formula is C20H19NO2. The van der Waals surface area contributed by atoms with Gasteiger partial charge in [-0.25, -0.2) is 4.98 Å². The Bertz CT molecular complexity index is 785. The summed E-state index contributed by atoms with van der Waals surface area (Å²) in [5, 5.41) is 9.50. The van der Waals surface area contributed by atoms with Crippen LogP contribution in [0.25, 0.3) is 11.3 Å². The van der Waals surface area contributed by atoms with Crippen molar-refractivity contribution in [1.82, 2.24) is 4.98 Å². The number of hydrogen-bond acceptors (Lipinski definition) is 3. The second kappa shape index (κ2) is 7.07. The molecule has 0 aliphatic carbocycles. The quantitative estimate of drug-likeness (QED) is 0.770. The van der Waals surface area contributed by atoms with Gasteiger partial charge in [-0.2, -0.15) is 0 Å². The monoisotopic (exact) mass is 305 g/mol. The van der Waals surface area contributed by atoms with Crippen molar-refractivity contribution in [2.75, 3.05) is 0 Å². The Morgan fingerprint density at radius 2 is 1.65 bits per heavy atom. The smallest absolute Gasteiger partial charge is 0.214 e. The standard InChI is InChI=1S/C20H19NO2/c1-15-7-5-6-10-18(15)19-11-17(13-22)12-20(21-19)23-14-16-8-3-2-4-9-16/h2-12,22H,13-14H2,1H3. The Balaban J connectivity index is 1.89. The molecule has 0 atom stereocenters. The molecule has 3 aromatic rings. The zero-order valence-electron chi connectivity index (χ0n) is 13.1. The van der Waals surface area contributed by atoms with Gasteiger partial charge in [-0.05, 0) is 29.7 Å². The summed E-state index contributed by atoms with van der Waals surface area (Å²) in [6.07, 6.45) is 0. The number of aliphatic hydroxyl groups is 1. The second-order valence-electron chi connectivity index (χ2n) is 5.45. The molecule has 2 aromatic carbocycles. The Morgan fingerprint density at radius 3 is 2.39 bits per heavy atom. The first kappa shape index (κ1) is 15.3. The Hall–Kier alpha value is -2.65. The first-order valence-corrected chi connectivity index (χ1v) is 7.61. The number of hydrogen-bond donors (Lipinski definition) is 1. The Labute approximate surface area is 136 Å². The van der Waals surface area contributed by atoms with Crippen LogP contribution < -0.4 is 4.74 Å².